The summed E-state index contributed by atoms with van der Waals surface area (Å²) in [6.45, 7) is 4.77. The number of rotatable bonds is 2. The van der Waals surface area contributed by atoms with Crippen molar-refractivity contribution < 1.29 is 4.39 Å². The molecule has 1 aromatic heterocycles. The van der Waals surface area contributed by atoms with Crippen molar-refractivity contribution in [1.82, 2.24) is 20.5 Å². The lowest BCUT2D eigenvalue weighted by atomic mass is 10.2. The minimum absolute atomic E-state index is 0.294. The minimum Gasteiger partial charge on any atom is -0.337 e. The molecule has 1 saturated heterocycles. The number of nitrogens with one attached hydrogen (secondary N) is 2. The van der Waals surface area contributed by atoms with Crippen LogP contribution in [0.5, 0.6) is 0 Å². The van der Waals surface area contributed by atoms with Crippen LogP contribution in [0.25, 0.3) is 11.4 Å². The van der Waals surface area contributed by atoms with Gasteiger partial charge in [-0.1, -0.05) is 15.9 Å². The maximum absolute atomic E-state index is 13.3. The highest BCUT2D eigenvalue weighted by atomic mass is 79.9. The summed E-state index contributed by atoms with van der Waals surface area (Å²) in [5.74, 6) is 0.930. The number of hydrogen-bond acceptors (Lipinski definition) is 4. The summed E-state index contributed by atoms with van der Waals surface area (Å²) < 4.78 is 14.1. The van der Waals surface area contributed by atoms with Crippen LogP contribution in [0.3, 0.4) is 0 Å². The molecule has 1 atom stereocenters. The van der Waals surface area contributed by atoms with E-state index in [9.17, 15) is 4.39 Å². The Kier molecular flexibility index (Phi) is 3.71. The first kappa shape index (κ1) is 13.5. The number of anilines is 1. The Balaban J connectivity index is 1.88. The predicted molar refractivity (Wildman–Crippen MR) is 79.2 cm³/mol. The third kappa shape index (κ3) is 2.69. The van der Waals surface area contributed by atoms with Gasteiger partial charge in [0.25, 0.3) is 0 Å². The second-order valence-corrected chi connectivity index (χ2v) is 5.76. The minimum atomic E-state index is -0.294. The van der Waals surface area contributed by atoms with Crippen molar-refractivity contribution in [3.05, 3.63) is 28.5 Å². The van der Waals surface area contributed by atoms with E-state index in [4.69, 9.17) is 0 Å². The van der Waals surface area contributed by atoms with E-state index in [-0.39, 0.29) is 5.82 Å². The Bertz CT molecular complexity index is 615. The van der Waals surface area contributed by atoms with Crippen molar-refractivity contribution in [2.45, 2.75) is 13.0 Å². The summed E-state index contributed by atoms with van der Waals surface area (Å²) in [5.41, 5.74) is 0.673. The second kappa shape index (κ2) is 5.49. The largest absolute Gasteiger partial charge is 0.337 e. The molecular weight excluding hydrogens is 325 g/mol. The molecule has 3 rings (SSSR count). The maximum Gasteiger partial charge on any atom is 0.245 e. The zero-order valence-corrected chi connectivity index (χ0v) is 12.6. The molecule has 1 aliphatic heterocycles. The van der Waals surface area contributed by atoms with Crippen LogP contribution < -0.4 is 10.2 Å². The first-order chi connectivity index (χ1) is 9.63. The van der Waals surface area contributed by atoms with Crippen molar-refractivity contribution >= 4 is 21.9 Å². The third-order valence-electron chi connectivity index (χ3n) is 3.31. The fraction of sp³-hybridized carbons (Fsp3) is 0.385. The van der Waals surface area contributed by atoms with Crippen LogP contribution >= 0.6 is 15.9 Å². The number of piperazine rings is 1. The van der Waals surface area contributed by atoms with Gasteiger partial charge in [0.15, 0.2) is 5.82 Å². The molecule has 106 valence electrons. The summed E-state index contributed by atoms with van der Waals surface area (Å²) in [6, 6.07) is 4.92. The summed E-state index contributed by atoms with van der Waals surface area (Å²) in [4.78, 5) is 6.59. The molecular formula is C13H15BrFN5. The standard InChI is InChI=1S/C13H15BrFN5/c1-8-7-20(5-4-16-8)13-17-12(18-19-13)10-6-9(15)2-3-11(10)14/h2-3,6,8,16H,4-5,7H2,1H3,(H,17,18,19)/t8-/m0/s1. The van der Waals surface area contributed by atoms with E-state index in [1.54, 1.807) is 6.07 Å². The molecule has 0 saturated carbocycles. The SMILES string of the molecule is C[C@H]1CN(c2n[nH]c(-c3cc(F)ccc3Br)n2)CCN1. The van der Waals surface area contributed by atoms with Gasteiger partial charge in [0.05, 0.1) is 0 Å². The summed E-state index contributed by atoms with van der Waals surface area (Å²) in [7, 11) is 0. The number of nitrogens with zero attached hydrogens (tertiary/aromatic N) is 3. The topological polar surface area (TPSA) is 56.8 Å². The van der Waals surface area contributed by atoms with E-state index < -0.39 is 0 Å². The van der Waals surface area contributed by atoms with Gasteiger partial charge in [-0.25, -0.2) is 4.39 Å². The molecule has 2 N–H and O–H groups in total. The van der Waals surface area contributed by atoms with Crippen LogP contribution in [0.1, 0.15) is 6.92 Å². The van der Waals surface area contributed by atoms with Gasteiger partial charge in [-0.05, 0) is 25.1 Å². The molecule has 0 aliphatic carbocycles. The summed E-state index contributed by atoms with van der Waals surface area (Å²) in [5, 5.41) is 10.5. The van der Waals surface area contributed by atoms with Gasteiger partial charge >= 0.3 is 0 Å². The maximum atomic E-state index is 13.3. The van der Waals surface area contributed by atoms with E-state index in [0.717, 1.165) is 24.1 Å². The van der Waals surface area contributed by atoms with Crippen LogP contribution in [0.2, 0.25) is 0 Å². The zero-order chi connectivity index (χ0) is 14.1. The number of halogens is 2. The molecule has 0 bridgehead atoms. The number of aromatic amines is 1. The van der Waals surface area contributed by atoms with Crippen LogP contribution in [0.4, 0.5) is 10.3 Å². The van der Waals surface area contributed by atoms with E-state index in [1.807, 2.05) is 0 Å². The number of H-pyrrole nitrogens is 1. The van der Waals surface area contributed by atoms with Gasteiger partial charge in [-0.15, -0.1) is 5.10 Å². The fourth-order valence-electron chi connectivity index (χ4n) is 2.31. The van der Waals surface area contributed by atoms with Crippen molar-refractivity contribution in [2.75, 3.05) is 24.5 Å². The predicted octanol–water partition coefficient (Wildman–Crippen LogP) is 2.17. The molecule has 5 nitrogen and oxygen atoms in total. The third-order valence-corrected chi connectivity index (χ3v) is 4.00. The Labute approximate surface area is 124 Å². The Morgan fingerprint density at radius 3 is 3.10 bits per heavy atom. The van der Waals surface area contributed by atoms with Gasteiger partial charge in [-0.2, -0.15) is 4.98 Å². The van der Waals surface area contributed by atoms with Crippen molar-refractivity contribution in [2.24, 2.45) is 0 Å². The second-order valence-electron chi connectivity index (χ2n) is 4.91. The van der Waals surface area contributed by atoms with E-state index in [0.29, 0.717) is 23.4 Å². The lowest BCUT2D eigenvalue weighted by Crippen LogP contribution is -2.49. The zero-order valence-electron chi connectivity index (χ0n) is 11.0. The molecule has 0 spiro atoms. The monoisotopic (exact) mass is 339 g/mol. The highest BCUT2D eigenvalue weighted by Gasteiger charge is 2.20. The van der Waals surface area contributed by atoms with Gasteiger partial charge in [0.1, 0.15) is 5.82 Å². The molecule has 20 heavy (non-hydrogen) atoms. The molecule has 0 radical (unpaired) electrons. The fourth-order valence-corrected chi connectivity index (χ4v) is 2.74. The van der Waals surface area contributed by atoms with Gasteiger partial charge in [0, 0.05) is 35.7 Å². The Hall–Kier alpha value is -1.47. The lowest BCUT2D eigenvalue weighted by molar-refractivity contribution is 0.480. The van der Waals surface area contributed by atoms with Crippen LogP contribution in [-0.4, -0.2) is 40.9 Å². The molecule has 2 aromatic rings. The Morgan fingerprint density at radius 2 is 2.30 bits per heavy atom. The normalized spacial score (nSPS) is 19.4. The Morgan fingerprint density at radius 1 is 1.45 bits per heavy atom. The molecule has 1 fully saturated rings. The summed E-state index contributed by atoms with van der Waals surface area (Å²) >= 11 is 3.40. The lowest BCUT2D eigenvalue weighted by Gasteiger charge is -2.30. The number of aromatic nitrogens is 3. The average molecular weight is 340 g/mol. The first-order valence-corrected chi connectivity index (χ1v) is 7.29. The highest BCUT2D eigenvalue weighted by molar-refractivity contribution is 9.10. The average Bonchev–Trinajstić information content (AvgIpc) is 2.91. The molecule has 0 unspecified atom stereocenters. The van der Waals surface area contributed by atoms with E-state index >= 15 is 0 Å². The van der Waals surface area contributed by atoms with Crippen molar-refractivity contribution in [1.29, 1.82) is 0 Å². The molecule has 1 aliphatic rings. The van der Waals surface area contributed by atoms with Gasteiger partial charge < -0.3 is 10.2 Å². The molecule has 0 amide bonds. The molecule has 7 heteroatoms. The van der Waals surface area contributed by atoms with Crippen molar-refractivity contribution in [3.63, 3.8) is 0 Å². The first-order valence-electron chi connectivity index (χ1n) is 6.49. The quantitative estimate of drug-likeness (QED) is 0.880. The molecule has 1 aromatic carbocycles. The van der Waals surface area contributed by atoms with Crippen LogP contribution in [0, 0.1) is 5.82 Å². The smallest absolute Gasteiger partial charge is 0.245 e. The highest BCUT2D eigenvalue weighted by Crippen LogP contribution is 2.27. The van der Waals surface area contributed by atoms with Gasteiger partial charge in [0.2, 0.25) is 5.95 Å². The van der Waals surface area contributed by atoms with Crippen LogP contribution in [0.15, 0.2) is 22.7 Å². The molecule has 2 heterocycles. The number of hydrogen-bond donors (Lipinski definition) is 2. The van der Waals surface area contributed by atoms with Crippen LogP contribution in [-0.2, 0) is 0 Å². The van der Waals surface area contributed by atoms with E-state index in [1.165, 1.54) is 12.1 Å². The van der Waals surface area contributed by atoms with Crippen molar-refractivity contribution in [3.8, 4) is 11.4 Å². The van der Waals surface area contributed by atoms with Gasteiger partial charge in [-0.3, -0.25) is 5.10 Å². The summed E-state index contributed by atoms with van der Waals surface area (Å²) in [6.07, 6.45) is 0. The van der Waals surface area contributed by atoms with E-state index in [2.05, 4.69) is 48.3 Å². The number of benzene rings is 1.